The van der Waals surface area contributed by atoms with Gasteiger partial charge in [0, 0.05) is 38.3 Å². The van der Waals surface area contributed by atoms with Gasteiger partial charge in [-0.15, -0.1) is 0 Å². The Morgan fingerprint density at radius 3 is 2.91 bits per heavy atom. The molecule has 2 amide bonds. The summed E-state index contributed by atoms with van der Waals surface area (Å²) in [5, 5.41) is 10.4. The summed E-state index contributed by atoms with van der Waals surface area (Å²) in [6.07, 6.45) is 5.68. The van der Waals surface area contributed by atoms with E-state index in [0.717, 1.165) is 31.5 Å². The van der Waals surface area contributed by atoms with Crippen molar-refractivity contribution in [2.45, 2.75) is 52.2 Å². The first-order valence-corrected chi connectivity index (χ1v) is 8.21. The van der Waals surface area contributed by atoms with Crippen LogP contribution in [0.15, 0.2) is 12.4 Å². The van der Waals surface area contributed by atoms with Gasteiger partial charge in [-0.25, -0.2) is 0 Å². The van der Waals surface area contributed by atoms with E-state index in [0.29, 0.717) is 13.1 Å². The van der Waals surface area contributed by atoms with Crippen LogP contribution in [0.3, 0.4) is 0 Å². The molecule has 0 saturated carbocycles. The van der Waals surface area contributed by atoms with Gasteiger partial charge in [-0.2, -0.15) is 5.10 Å². The predicted octanol–water partition coefficient (Wildman–Crippen LogP) is 0.297. The Labute approximate surface area is 137 Å². The van der Waals surface area contributed by atoms with E-state index >= 15 is 0 Å². The number of aryl methyl sites for hydroxylation is 1. The van der Waals surface area contributed by atoms with Crippen LogP contribution in [-0.4, -0.2) is 58.2 Å². The molecule has 1 saturated heterocycles. The highest BCUT2D eigenvalue weighted by Crippen LogP contribution is 2.10. The molecule has 0 bridgehead atoms. The number of nitrogens with one attached hydrogen (secondary N) is 2. The largest absolute Gasteiger partial charge is 0.352 e. The number of carbonyl (C=O) groups excluding carboxylic acids is 2. The topological polar surface area (TPSA) is 79.3 Å². The zero-order valence-corrected chi connectivity index (χ0v) is 14.2. The van der Waals surface area contributed by atoms with Crippen molar-refractivity contribution in [1.29, 1.82) is 0 Å². The summed E-state index contributed by atoms with van der Waals surface area (Å²) >= 11 is 0. The summed E-state index contributed by atoms with van der Waals surface area (Å²) in [6.45, 7) is 7.98. The number of nitrogens with zero attached hydrogens (tertiary/aromatic N) is 3. The van der Waals surface area contributed by atoms with Gasteiger partial charge in [0.15, 0.2) is 0 Å². The van der Waals surface area contributed by atoms with Crippen LogP contribution in [0.4, 0.5) is 0 Å². The Bertz CT molecular complexity index is 542. The first-order valence-electron chi connectivity index (χ1n) is 8.21. The van der Waals surface area contributed by atoms with Gasteiger partial charge in [0.2, 0.25) is 11.8 Å². The van der Waals surface area contributed by atoms with E-state index in [9.17, 15) is 9.59 Å². The Balaban J connectivity index is 1.74. The highest BCUT2D eigenvalue weighted by atomic mass is 16.2. The van der Waals surface area contributed by atoms with Crippen LogP contribution >= 0.6 is 0 Å². The zero-order chi connectivity index (χ0) is 16.8. The second-order valence-electron chi connectivity index (χ2n) is 6.40. The van der Waals surface area contributed by atoms with Crippen molar-refractivity contribution >= 4 is 11.8 Å². The molecule has 1 aliphatic heterocycles. The molecule has 2 N–H and O–H groups in total. The van der Waals surface area contributed by atoms with Crippen LogP contribution in [0.1, 0.15) is 32.3 Å². The van der Waals surface area contributed by atoms with Crippen LogP contribution in [0, 0.1) is 6.92 Å². The van der Waals surface area contributed by atoms with Crippen molar-refractivity contribution in [3.05, 3.63) is 18.0 Å². The molecule has 1 aromatic heterocycles. The third kappa shape index (κ3) is 5.67. The van der Waals surface area contributed by atoms with E-state index in [2.05, 4.69) is 15.7 Å². The van der Waals surface area contributed by atoms with E-state index in [4.69, 9.17) is 0 Å². The Hall–Kier alpha value is -1.89. The average Bonchev–Trinajstić information content (AvgIpc) is 2.89. The van der Waals surface area contributed by atoms with Crippen molar-refractivity contribution < 1.29 is 9.59 Å². The number of piperidine rings is 1. The molecule has 7 nitrogen and oxygen atoms in total. The maximum atomic E-state index is 12.3. The normalized spacial score (nSPS) is 19.4. The Morgan fingerprint density at radius 1 is 1.48 bits per heavy atom. The first kappa shape index (κ1) is 17.5. The molecule has 23 heavy (non-hydrogen) atoms. The minimum atomic E-state index is -0.0365. The summed E-state index contributed by atoms with van der Waals surface area (Å²) < 4.78 is 1.88. The second kappa shape index (κ2) is 8.10. The number of hydrogen-bond donors (Lipinski definition) is 2. The van der Waals surface area contributed by atoms with Crippen LogP contribution in [0.25, 0.3) is 0 Å². The van der Waals surface area contributed by atoms with Gasteiger partial charge in [-0.1, -0.05) is 0 Å². The van der Waals surface area contributed by atoms with E-state index in [-0.39, 0.29) is 23.9 Å². The van der Waals surface area contributed by atoms with E-state index < -0.39 is 0 Å². The zero-order valence-electron chi connectivity index (χ0n) is 14.2. The lowest BCUT2D eigenvalue weighted by Crippen LogP contribution is -2.51. The fourth-order valence-electron chi connectivity index (χ4n) is 2.89. The standard InChI is InChI=1S/C16H27N5O2/c1-12-7-18-21(9-12)10-13(2)17-8-16(23)20-6-4-5-15(11-20)19-14(3)22/h7,9,13,15,17H,4-6,8,10-11H2,1-3H3,(H,19,22)/t13-,15+/m0/s1. The summed E-state index contributed by atoms with van der Waals surface area (Å²) in [4.78, 5) is 25.3. The van der Waals surface area contributed by atoms with Gasteiger partial charge in [0.1, 0.15) is 0 Å². The number of hydrogen-bond acceptors (Lipinski definition) is 4. The summed E-state index contributed by atoms with van der Waals surface area (Å²) in [7, 11) is 0. The second-order valence-corrected chi connectivity index (χ2v) is 6.40. The summed E-state index contributed by atoms with van der Waals surface area (Å²) in [5.41, 5.74) is 1.13. The van der Waals surface area contributed by atoms with Gasteiger partial charge < -0.3 is 15.5 Å². The quantitative estimate of drug-likeness (QED) is 0.790. The lowest BCUT2D eigenvalue weighted by atomic mass is 10.1. The third-order valence-corrected chi connectivity index (χ3v) is 4.01. The average molecular weight is 321 g/mol. The molecule has 2 rings (SSSR count). The maximum absolute atomic E-state index is 12.3. The molecule has 0 aliphatic carbocycles. The minimum Gasteiger partial charge on any atom is -0.352 e. The van der Waals surface area contributed by atoms with Crippen molar-refractivity contribution in [1.82, 2.24) is 25.3 Å². The van der Waals surface area contributed by atoms with Gasteiger partial charge in [-0.3, -0.25) is 14.3 Å². The van der Waals surface area contributed by atoms with Crippen LogP contribution in [0.5, 0.6) is 0 Å². The third-order valence-electron chi connectivity index (χ3n) is 4.01. The number of carbonyl (C=O) groups is 2. The molecule has 7 heteroatoms. The lowest BCUT2D eigenvalue weighted by Gasteiger charge is -2.33. The van der Waals surface area contributed by atoms with Gasteiger partial charge in [0.25, 0.3) is 0 Å². The van der Waals surface area contributed by atoms with Crippen molar-refractivity contribution in [2.24, 2.45) is 0 Å². The molecule has 2 heterocycles. The fourth-order valence-corrected chi connectivity index (χ4v) is 2.89. The lowest BCUT2D eigenvalue weighted by molar-refractivity contribution is -0.132. The van der Waals surface area contributed by atoms with Crippen LogP contribution in [-0.2, 0) is 16.1 Å². The van der Waals surface area contributed by atoms with Crippen molar-refractivity contribution in [3.63, 3.8) is 0 Å². The number of amides is 2. The Morgan fingerprint density at radius 2 is 2.26 bits per heavy atom. The number of aromatic nitrogens is 2. The van der Waals surface area contributed by atoms with Gasteiger partial charge >= 0.3 is 0 Å². The van der Waals surface area contributed by atoms with E-state index in [1.165, 1.54) is 6.92 Å². The molecule has 1 aliphatic rings. The molecule has 0 radical (unpaired) electrons. The number of likely N-dealkylation sites (tertiary alicyclic amines) is 1. The smallest absolute Gasteiger partial charge is 0.236 e. The molecule has 2 atom stereocenters. The SMILES string of the molecule is CC(=O)N[C@@H]1CCCN(C(=O)CN[C@@H](C)Cn2cc(C)cn2)C1. The van der Waals surface area contributed by atoms with Crippen LogP contribution < -0.4 is 10.6 Å². The van der Waals surface area contributed by atoms with E-state index in [1.807, 2.05) is 35.8 Å². The maximum Gasteiger partial charge on any atom is 0.236 e. The van der Waals surface area contributed by atoms with Crippen molar-refractivity contribution in [2.75, 3.05) is 19.6 Å². The molecule has 0 spiro atoms. The fraction of sp³-hybridized carbons (Fsp3) is 0.688. The van der Waals surface area contributed by atoms with Crippen LogP contribution in [0.2, 0.25) is 0 Å². The van der Waals surface area contributed by atoms with Gasteiger partial charge in [-0.05, 0) is 32.3 Å². The molecule has 128 valence electrons. The molecule has 1 aromatic rings. The molecular formula is C16H27N5O2. The van der Waals surface area contributed by atoms with Crippen molar-refractivity contribution in [3.8, 4) is 0 Å². The highest BCUT2D eigenvalue weighted by Gasteiger charge is 2.24. The molecular weight excluding hydrogens is 294 g/mol. The van der Waals surface area contributed by atoms with E-state index in [1.54, 1.807) is 0 Å². The molecule has 0 aromatic carbocycles. The van der Waals surface area contributed by atoms with Gasteiger partial charge in [0.05, 0.1) is 19.3 Å². The molecule has 0 unspecified atom stereocenters. The number of rotatable bonds is 6. The Kier molecular flexibility index (Phi) is 6.15. The summed E-state index contributed by atoms with van der Waals surface area (Å²) in [5.74, 6) is 0.0501. The summed E-state index contributed by atoms with van der Waals surface area (Å²) in [6, 6.07) is 0.240. The molecule has 1 fully saturated rings. The first-order chi connectivity index (χ1) is 10.9. The highest BCUT2D eigenvalue weighted by molar-refractivity contribution is 5.78. The predicted molar refractivity (Wildman–Crippen MR) is 87.8 cm³/mol. The minimum absolute atomic E-state index is 0.0365. The monoisotopic (exact) mass is 321 g/mol.